The van der Waals surface area contributed by atoms with E-state index in [0.717, 1.165) is 93.8 Å². The summed E-state index contributed by atoms with van der Waals surface area (Å²) in [5.41, 5.74) is 25.5. The molecule has 0 radical (unpaired) electrons. The summed E-state index contributed by atoms with van der Waals surface area (Å²) in [5.74, 6) is -0.188. The maximum Gasteiger partial charge on any atom is 0.408 e. The molecule has 5 N–H and O–H groups in total. The average molecular weight is 1620 g/mol. The number of nitrogens with one attached hydrogen (secondary N) is 3. The van der Waals surface area contributed by atoms with Crippen molar-refractivity contribution in [2.45, 2.75) is 270 Å². The number of aromatic nitrogens is 2. The number of methoxy groups -OCH3 is 2. The fourth-order valence-electron chi connectivity index (χ4n) is 17.9. The first-order valence-electron chi connectivity index (χ1n) is 41.7. The Kier molecular flexibility index (Phi) is 32.0. The second-order valence-electron chi connectivity index (χ2n) is 34.3. The van der Waals surface area contributed by atoms with Crippen LogP contribution in [0.4, 0.5) is 4.79 Å². The molecule has 115 heavy (non-hydrogen) atoms. The Morgan fingerprint density at radius 2 is 1.03 bits per heavy atom. The topological polar surface area (TPSA) is 281 Å². The summed E-state index contributed by atoms with van der Waals surface area (Å²) < 4.78 is 56.6. The Morgan fingerprint density at radius 3 is 1.50 bits per heavy atom. The third-order valence-corrected chi connectivity index (χ3v) is 35.2. The molecule has 2 aromatic heterocycles. The minimum Gasteiger partial charge on any atom is -0.543 e. The number of rotatable bonds is 31. The first-order chi connectivity index (χ1) is 54.6. The van der Waals surface area contributed by atoms with E-state index < -0.39 is 70.3 Å². The van der Waals surface area contributed by atoms with Gasteiger partial charge in [-0.15, -0.1) is 0 Å². The number of carbonyl (C=O) groups excluding carboxylic acids is 7. The summed E-state index contributed by atoms with van der Waals surface area (Å²) in [7, 11) is -2.11. The van der Waals surface area contributed by atoms with Gasteiger partial charge >= 0.3 is 30.0 Å². The standard InChI is InChI=1S/C47H70N4O9Si.C42H60N4O7Si/c1-30(2)61(31(3)4,32(5)6)60-38-25-34(26-42(48-46(55)59-47(8,9)10)44(53)51-20-12-14-41(49-51)45(54)56-11)24-37(27-38)36-15-16-39-40(35-17-22-57-23-18-35)29-50(43(39)28-36)19-13-21-58-33(7)52;1-27(2)54(28(3)4,29(5)6)53-35-22-31(23-38(43)41(48)46-17-9-11-39(44-46)42(49)50-8)21-34(24-35)33-12-13-36-37(32-14-19-51-20-15-32)26-45(40(36)25-33)16-10-18-52-30(7)47/h15-16,24-25,27-32,35,41-42,49H,12-14,17-23,26H2,1-11H3,(H,48,55);12-14,21-22,24-29,38-39,44H,9-11,15-20,23,43H2,1-8H3/t41-,42-;38-,39-/m00/s1. The van der Waals surface area contributed by atoms with Crippen LogP contribution in [-0.4, -0.2) is 174 Å². The van der Waals surface area contributed by atoms with Crippen molar-refractivity contribution >= 4 is 85.8 Å². The van der Waals surface area contributed by atoms with E-state index in [0.29, 0.717) is 137 Å². The number of esters is 4. The third-order valence-electron chi connectivity index (χ3n) is 23.1. The number of nitrogens with two attached hydrogens (primary N) is 1. The normalized spacial score (nSPS) is 17.2. The predicted molar refractivity (Wildman–Crippen MR) is 455 cm³/mol. The van der Waals surface area contributed by atoms with Crippen LogP contribution in [-0.2, 0) is 87.9 Å². The highest BCUT2D eigenvalue weighted by Crippen LogP contribution is 2.47. The monoisotopic (exact) mass is 1620 g/mol. The lowest BCUT2D eigenvalue weighted by Crippen LogP contribution is -2.60. The largest absolute Gasteiger partial charge is 0.543 e. The third kappa shape index (κ3) is 22.9. The van der Waals surface area contributed by atoms with Gasteiger partial charge in [-0.25, -0.2) is 15.6 Å². The fraction of sp³-hybridized carbons (Fsp3) is 0.584. The Hall–Kier alpha value is -8.38. The molecule has 6 aromatic rings. The molecule has 26 heteroatoms. The molecule has 4 aliphatic heterocycles. The van der Waals surface area contributed by atoms with Crippen LogP contribution >= 0.6 is 0 Å². The molecule has 0 saturated carbocycles. The molecule has 3 amide bonds. The Balaban J connectivity index is 0.000000265. The molecule has 4 aromatic carbocycles. The van der Waals surface area contributed by atoms with E-state index >= 15 is 0 Å². The van der Waals surface area contributed by atoms with Crippen molar-refractivity contribution in [1.29, 1.82) is 0 Å². The molecule has 3 fully saturated rings. The summed E-state index contributed by atoms with van der Waals surface area (Å²) >= 11 is 0. The molecule has 10 rings (SSSR count). The molecule has 0 bridgehead atoms. The van der Waals surface area contributed by atoms with Crippen LogP contribution in [0.1, 0.15) is 204 Å². The highest BCUT2D eigenvalue weighted by molar-refractivity contribution is 6.78. The Labute approximate surface area is 683 Å². The maximum atomic E-state index is 14.4. The average Bonchev–Trinajstić information content (AvgIpc) is 1.70. The quantitative estimate of drug-likeness (QED) is 0.0136. The second kappa shape index (κ2) is 40.7. The van der Waals surface area contributed by atoms with Crippen LogP contribution in [0.5, 0.6) is 11.5 Å². The van der Waals surface area contributed by atoms with Crippen LogP contribution in [0.3, 0.4) is 0 Å². The van der Waals surface area contributed by atoms with Gasteiger partial charge in [0, 0.05) is 99.4 Å². The van der Waals surface area contributed by atoms with E-state index in [1.807, 2.05) is 6.07 Å². The summed E-state index contributed by atoms with van der Waals surface area (Å²) in [6.45, 7) is 41.0. The first kappa shape index (κ1) is 90.5. The summed E-state index contributed by atoms with van der Waals surface area (Å²) in [5, 5.41) is 8.11. The molecular formula is C89H130N8O16Si2. The van der Waals surface area contributed by atoms with E-state index in [4.69, 9.17) is 47.7 Å². The Bertz CT molecular complexity index is 4340. The number of alkyl carbamates (subject to hydrolysis) is 1. The summed E-state index contributed by atoms with van der Waals surface area (Å²) in [4.78, 5) is 89.3. The fourth-order valence-corrected chi connectivity index (χ4v) is 28.3. The molecule has 0 aliphatic carbocycles. The number of carbonyl (C=O) groups is 7. The maximum absolute atomic E-state index is 14.4. The predicted octanol–water partition coefficient (Wildman–Crippen LogP) is 16.0. The SMILES string of the molecule is COC(=O)[C@@H]1CCCN(C(=O)[C@@H](N)Cc2cc(O[Si](C(C)C)(C(C)C)C(C)C)cc(-c3ccc4c(C5=CCOCC5)cn(CCCOC(C)=O)c4c3)c2)N1.COC(=O)[C@@H]1CCCN(C(=O)[C@H](Cc2cc(O[Si](C(C)C)(C(C)C)C(C)C)cc(-c3ccc4c(C5CCOCC5)cn(CCCOC(C)=O)c4c3)c2)NC(=O)OC(C)(C)C)N1. The smallest absolute Gasteiger partial charge is 0.408 e. The number of fused-ring (bicyclic) bond motifs is 2. The minimum absolute atomic E-state index is 0.131. The second-order valence-corrected chi connectivity index (χ2v) is 45.0. The zero-order valence-corrected chi connectivity index (χ0v) is 73.8. The molecule has 6 heterocycles. The van der Waals surface area contributed by atoms with E-state index in [-0.39, 0.29) is 24.3 Å². The van der Waals surface area contributed by atoms with Gasteiger partial charge in [-0.1, -0.05) is 126 Å². The molecule has 3 saturated heterocycles. The van der Waals surface area contributed by atoms with Crippen molar-refractivity contribution in [2.75, 3.05) is 67.0 Å². The molecule has 0 spiro atoms. The lowest BCUT2D eigenvalue weighted by atomic mass is 9.91. The molecule has 630 valence electrons. The summed E-state index contributed by atoms with van der Waals surface area (Å²) in [6, 6.07) is 22.5. The zero-order valence-electron chi connectivity index (χ0n) is 71.8. The minimum atomic E-state index is -2.44. The van der Waals surface area contributed by atoms with Gasteiger partial charge in [0.25, 0.3) is 28.4 Å². The van der Waals surface area contributed by atoms with E-state index in [1.165, 1.54) is 60.2 Å². The lowest BCUT2D eigenvalue weighted by molar-refractivity contribution is -0.151. The van der Waals surface area contributed by atoms with Gasteiger partial charge in [0.2, 0.25) is 0 Å². The number of amides is 3. The van der Waals surface area contributed by atoms with E-state index in [9.17, 15) is 33.6 Å². The highest BCUT2D eigenvalue weighted by atomic mass is 28.4. The number of hydrogen-bond acceptors (Lipinski definition) is 19. The molecular weight excluding hydrogens is 1490 g/mol. The number of hydrogen-bond donors (Lipinski definition) is 4. The molecule has 4 aliphatic rings. The van der Waals surface area contributed by atoms with Gasteiger partial charge in [-0.3, -0.25) is 38.8 Å². The Morgan fingerprint density at radius 1 is 0.565 bits per heavy atom. The number of ether oxygens (including phenoxy) is 7. The van der Waals surface area contributed by atoms with Crippen molar-refractivity contribution in [1.82, 2.24) is 35.3 Å². The van der Waals surface area contributed by atoms with Gasteiger partial charge in [0.15, 0.2) is 0 Å². The van der Waals surface area contributed by atoms with Crippen molar-refractivity contribution in [3.63, 3.8) is 0 Å². The first-order valence-corrected chi connectivity index (χ1v) is 45.9. The number of benzene rings is 4. The van der Waals surface area contributed by atoms with Crippen LogP contribution in [0.15, 0.2) is 91.3 Å². The van der Waals surface area contributed by atoms with Crippen LogP contribution < -0.4 is 30.8 Å². The lowest BCUT2D eigenvalue weighted by Gasteiger charge is -2.42. The summed E-state index contributed by atoms with van der Waals surface area (Å²) in [6.07, 6.45) is 12.8. The molecule has 0 unspecified atom stereocenters. The van der Waals surface area contributed by atoms with Gasteiger partial charge < -0.3 is 62.2 Å². The van der Waals surface area contributed by atoms with Crippen molar-refractivity contribution in [3.8, 4) is 33.8 Å². The van der Waals surface area contributed by atoms with Gasteiger partial charge in [0.1, 0.15) is 35.2 Å². The number of aryl methyl sites for hydroxylation is 2. The number of nitrogens with zero attached hydrogens (tertiary/aromatic N) is 4. The van der Waals surface area contributed by atoms with Crippen molar-refractivity contribution in [2.24, 2.45) is 5.73 Å². The highest BCUT2D eigenvalue weighted by Gasteiger charge is 2.49. The van der Waals surface area contributed by atoms with Gasteiger partial charge in [-0.2, -0.15) is 0 Å². The van der Waals surface area contributed by atoms with Crippen LogP contribution in [0, 0.1) is 0 Å². The zero-order chi connectivity index (χ0) is 83.8. The van der Waals surface area contributed by atoms with Gasteiger partial charge in [-0.05, 0) is 205 Å². The van der Waals surface area contributed by atoms with Crippen molar-refractivity contribution in [3.05, 3.63) is 114 Å². The van der Waals surface area contributed by atoms with E-state index in [1.54, 1.807) is 20.8 Å². The van der Waals surface area contributed by atoms with Crippen LogP contribution in [0.2, 0.25) is 33.2 Å². The molecule has 4 atom stereocenters. The van der Waals surface area contributed by atoms with Crippen molar-refractivity contribution < 1.29 is 75.6 Å². The van der Waals surface area contributed by atoms with Crippen LogP contribution in [0.25, 0.3) is 49.6 Å². The van der Waals surface area contributed by atoms with E-state index in [2.05, 4.69) is 194 Å². The number of hydrazine groups is 2. The molecule has 24 nitrogen and oxygen atoms in total. The van der Waals surface area contributed by atoms with Gasteiger partial charge in [0.05, 0.1) is 46.7 Å².